The number of hydrogen-bond donors (Lipinski definition) is 0. The van der Waals surface area contributed by atoms with Crippen LogP contribution < -0.4 is 16.3 Å². The molecule has 70 valence electrons. The number of Topliss-reactive ketones (excluding diaryl/α,β-unsaturated/α-hetero) is 2. The van der Waals surface area contributed by atoms with E-state index in [1.54, 1.807) is 6.92 Å². The van der Waals surface area contributed by atoms with Crippen molar-refractivity contribution in [3.05, 3.63) is 32.7 Å². The summed E-state index contributed by atoms with van der Waals surface area (Å²) in [6.07, 6.45) is 2.21. The van der Waals surface area contributed by atoms with Crippen molar-refractivity contribution >= 4 is 23.7 Å². The Hall–Kier alpha value is -1.97. The second-order valence-electron chi connectivity index (χ2n) is 3.05. The molecule has 0 radical (unpaired) electrons. The van der Waals surface area contributed by atoms with Crippen LogP contribution in [0.25, 0.3) is 12.2 Å². The van der Waals surface area contributed by atoms with Gasteiger partial charge in [0.15, 0.2) is 0 Å². The fourth-order valence-electron chi connectivity index (χ4n) is 1.23. The third-order valence-electron chi connectivity index (χ3n) is 1.97. The quantitative estimate of drug-likeness (QED) is 0.475. The standard InChI is InChI=1S/C10H6O4/c1-5-2-6-3-7(11)8(12)4-9(6)14-10(5)13/h2-4H,1H3. The van der Waals surface area contributed by atoms with Crippen LogP contribution in [0, 0.1) is 6.92 Å². The molecule has 4 heteroatoms. The fourth-order valence-corrected chi connectivity index (χ4v) is 1.23. The molecular formula is C10H6O4. The van der Waals surface area contributed by atoms with Gasteiger partial charge in [-0.2, -0.15) is 0 Å². The first-order chi connectivity index (χ1) is 6.58. The van der Waals surface area contributed by atoms with E-state index in [1.165, 1.54) is 12.1 Å². The van der Waals surface area contributed by atoms with Gasteiger partial charge in [0, 0.05) is 22.9 Å². The molecule has 0 saturated heterocycles. The summed E-state index contributed by atoms with van der Waals surface area (Å²) in [5.74, 6) is -1.25. The molecule has 1 aliphatic carbocycles. The van der Waals surface area contributed by atoms with E-state index in [9.17, 15) is 14.4 Å². The van der Waals surface area contributed by atoms with Crippen LogP contribution in [0.3, 0.4) is 0 Å². The first kappa shape index (κ1) is 8.62. The Morgan fingerprint density at radius 2 is 1.71 bits per heavy atom. The van der Waals surface area contributed by atoms with Crippen molar-refractivity contribution in [1.82, 2.24) is 0 Å². The largest absolute Gasteiger partial charge is 0.422 e. The Kier molecular flexibility index (Phi) is 1.70. The molecule has 0 amide bonds. The molecule has 0 spiro atoms. The highest BCUT2D eigenvalue weighted by molar-refractivity contribution is 6.57. The van der Waals surface area contributed by atoms with Gasteiger partial charge in [0.25, 0.3) is 0 Å². The Labute approximate surface area is 78.2 Å². The van der Waals surface area contributed by atoms with Gasteiger partial charge in [0.2, 0.25) is 11.6 Å². The van der Waals surface area contributed by atoms with Gasteiger partial charge >= 0.3 is 5.63 Å². The zero-order valence-electron chi connectivity index (χ0n) is 7.37. The maximum absolute atomic E-state index is 11.1. The van der Waals surface area contributed by atoms with Crippen molar-refractivity contribution in [1.29, 1.82) is 0 Å². The minimum atomic E-state index is -0.662. The third-order valence-corrected chi connectivity index (χ3v) is 1.97. The van der Waals surface area contributed by atoms with Crippen LogP contribution >= 0.6 is 0 Å². The van der Waals surface area contributed by atoms with Gasteiger partial charge in [0.05, 0.1) is 0 Å². The van der Waals surface area contributed by atoms with E-state index in [-0.39, 0.29) is 5.42 Å². The second kappa shape index (κ2) is 2.77. The molecule has 0 aromatic carbocycles. The van der Waals surface area contributed by atoms with Crippen molar-refractivity contribution in [2.24, 2.45) is 0 Å². The first-order valence-corrected chi connectivity index (χ1v) is 4.00. The molecule has 4 nitrogen and oxygen atoms in total. The van der Waals surface area contributed by atoms with Crippen LogP contribution in [0.1, 0.15) is 5.56 Å². The van der Waals surface area contributed by atoms with Crippen molar-refractivity contribution in [3.63, 3.8) is 0 Å². The summed E-state index contributed by atoms with van der Waals surface area (Å²) >= 11 is 0. The summed E-state index contributed by atoms with van der Waals surface area (Å²) in [5, 5.41) is 0.478. The van der Waals surface area contributed by atoms with E-state index in [0.717, 1.165) is 6.08 Å². The normalized spacial score (nSPS) is 14.4. The van der Waals surface area contributed by atoms with E-state index >= 15 is 0 Å². The van der Waals surface area contributed by atoms with Crippen molar-refractivity contribution < 1.29 is 14.0 Å². The van der Waals surface area contributed by atoms with E-state index in [0.29, 0.717) is 10.8 Å². The lowest BCUT2D eigenvalue weighted by Gasteiger charge is -1.97. The van der Waals surface area contributed by atoms with Crippen LogP contribution in [0.4, 0.5) is 0 Å². The lowest BCUT2D eigenvalue weighted by atomic mass is 10.1. The minimum Gasteiger partial charge on any atom is -0.422 e. The van der Waals surface area contributed by atoms with Gasteiger partial charge in [-0.15, -0.1) is 0 Å². The second-order valence-corrected chi connectivity index (χ2v) is 3.05. The van der Waals surface area contributed by atoms with Gasteiger partial charge in [-0.25, -0.2) is 4.79 Å². The molecule has 0 bridgehead atoms. The number of rotatable bonds is 0. The summed E-state index contributed by atoms with van der Waals surface area (Å²) in [7, 11) is 0. The summed E-state index contributed by atoms with van der Waals surface area (Å²) in [6.45, 7) is 1.58. The molecule has 0 unspecified atom stereocenters. The number of hydrogen-bond acceptors (Lipinski definition) is 4. The molecule has 0 atom stereocenters. The highest BCUT2D eigenvalue weighted by Crippen LogP contribution is 1.87. The number of aryl methyl sites for hydroxylation is 1. The maximum Gasteiger partial charge on any atom is 0.339 e. The fraction of sp³-hybridized carbons (Fsp3) is 0.100. The van der Waals surface area contributed by atoms with Crippen LogP contribution in [0.2, 0.25) is 0 Å². The monoisotopic (exact) mass is 190 g/mol. The third kappa shape index (κ3) is 1.21. The van der Waals surface area contributed by atoms with E-state index < -0.39 is 17.2 Å². The highest BCUT2D eigenvalue weighted by Gasteiger charge is 2.13. The summed E-state index contributed by atoms with van der Waals surface area (Å²) < 4.78 is 4.83. The van der Waals surface area contributed by atoms with Crippen molar-refractivity contribution in [3.8, 4) is 0 Å². The molecule has 1 aliphatic rings. The summed E-state index contributed by atoms with van der Waals surface area (Å²) in [6, 6.07) is 1.53. The zero-order chi connectivity index (χ0) is 10.3. The van der Waals surface area contributed by atoms with Crippen LogP contribution in [0.15, 0.2) is 15.3 Å². The molecule has 2 rings (SSSR count). The molecule has 14 heavy (non-hydrogen) atoms. The predicted molar refractivity (Wildman–Crippen MR) is 47.9 cm³/mol. The van der Waals surface area contributed by atoms with Crippen molar-refractivity contribution in [2.75, 3.05) is 0 Å². The number of ketones is 2. The zero-order valence-corrected chi connectivity index (χ0v) is 7.37. The molecule has 0 saturated carbocycles. The van der Waals surface area contributed by atoms with Crippen molar-refractivity contribution in [2.45, 2.75) is 6.92 Å². The number of carbonyl (C=O) groups is 2. The topological polar surface area (TPSA) is 64.3 Å². The van der Waals surface area contributed by atoms with Gasteiger partial charge in [-0.1, -0.05) is 0 Å². The molecule has 0 fully saturated rings. The maximum atomic E-state index is 11.1. The highest BCUT2D eigenvalue weighted by atomic mass is 16.4. The van der Waals surface area contributed by atoms with E-state index in [1.807, 2.05) is 0 Å². The Morgan fingerprint density at radius 3 is 2.43 bits per heavy atom. The average molecular weight is 190 g/mol. The molecule has 1 aromatic rings. The first-order valence-electron chi connectivity index (χ1n) is 4.00. The van der Waals surface area contributed by atoms with Gasteiger partial charge in [-0.3, -0.25) is 9.59 Å². The Balaban J connectivity index is 2.94. The number of fused-ring (bicyclic) bond motifs is 1. The molecule has 0 N–H and O–H groups in total. The van der Waals surface area contributed by atoms with Gasteiger partial charge < -0.3 is 4.42 Å². The lowest BCUT2D eigenvalue weighted by molar-refractivity contribution is -0.129. The molecule has 1 heterocycles. The van der Waals surface area contributed by atoms with E-state index in [2.05, 4.69) is 0 Å². The van der Waals surface area contributed by atoms with Gasteiger partial charge in [-0.05, 0) is 13.0 Å². The lowest BCUT2D eigenvalue weighted by Crippen LogP contribution is -2.36. The van der Waals surface area contributed by atoms with Crippen LogP contribution in [0.5, 0.6) is 0 Å². The van der Waals surface area contributed by atoms with Gasteiger partial charge in [0.1, 0.15) is 5.42 Å². The van der Waals surface area contributed by atoms with Crippen LogP contribution in [-0.4, -0.2) is 11.6 Å². The predicted octanol–water partition coefficient (Wildman–Crippen LogP) is -1.34. The summed E-state index contributed by atoms with van der Waals surface area (Å²) in [5.41, 5.74) is 0.0799. The molecule has 1 aromatic heterocycles. The molecule has 0 aliphatic heterocycles. The van der Waals surface area contributed by atoms with Crippen LogP contribution in [-0.2, 0) is 9.59 Å². The number of carbonyl (C=O) groups excluding carboxylic acids is 2. The Bertz CT molecular complexity index is 604. The average Bonchev–Trinajstić information content (AvgIpc) is 2.11. The SMILES string of the molecule is Cc1cc2c(oc1=O)=CC(=O)C(=O)C=2. The minimum absolute atomic E-state index is 0.158. The Morgan fingerprint density at radius 1 is 1.07 bits per heavy atom. The smallest absolute Gasteiger partial charge is 0.339 e. The summed E-state index contributed by atoms with van der Waals surface area (Å²) in [4.78, 5) is 33.0. The molecular weight excluding hydrogens is 184 g/mol. The van der Waals surface area contributed by atoms with E-state index in [4.69, 9.17) is 4.42 Å².